The van der Waals surface area contributed by atoms with Crippen LogP contribution in [0.5, 0.6) is 5.75 Å². The maximum Gasteiger partial charge on any atom is 0.416 e. The van der Waals surface area contributed by atoms with Gasteiger partial charge in [-0.15, -0.1) is 0 Å². The predicted molar refractivity (Wildman–Crippen MR) is 136 cm³/mol. The summed E-state index contributed by atoms with van der Waals surface area (Å²) < 4.78 is 91.9. The Morgan fingerprint density at radius 1 is 1.07 bits per heavy atom. The number of hydrogen-bond acceptors (Lipinski definition) is 4. The summed E-state index contributed by atoms with van der Waals surface area (Å²) in [5, 5.41) is 0. The fourth-order valence-electron chi connectivity index (χ4n) is 6.46. The molecule has 2 saturated carbocycles. The smallest absolute Gasteiger partial charge is 0.416 e. The molecule has 4 nitrogen and oxygen atoms in total. The van der Waals surface area contributed by atoms with Crippen molar-refractivity contribution in [1.82, 2.24) is 4.90 Å². The predicted octanol–water partition coefficient (Wildman–Crippen LogP) is 7.39. The van der Waals surface area contributed by atoms with Gasteiger partial charge in [0.15, 0.2) is 0 Å². The highest BCUT2D eigenvalue weighted by Gasteiger charge is 2.50. The summed E-state index contributed by atoms with van der Waals surface area (Å²) in [6.07, 6.45) is -4.68. The van der Waals surface area contributed by atoms with Gasteiger partial charge in [-0.2, -0.15) is 26.3 Å². The molecule has 1 spiro atoms. The number of benzene rings is 2. The van der Waals surface area contributed by atoms with Gasteiger partial charge in [-0.3, -0.25) is 9.69 Å². The Bertz CT molecular complexity index is 1260. The molecule has 218 valence electrons. The lowest BCUT2D eigenvalue weighted by Crippen LogP contribution is -2.58. The number of aryl methyl sites for hydroxylation is 1. The van der Waals surface area contributed by atoms with E-state index in [9.17, 15) is 31.1 Å². The van der Waals surface area contributed by atoms with Crippen molar-refractivity contribution in [3.8, 4) is 5.75 Å². The molecule has 0 bridgehead atoms. The Hall–Kier alpha value is -2.75. The number of rotatable bonds is 7. The monoisotopic (exact) mass is 569 g/mol. The molecule has 40 heavy (non-hydrogen) atoms. The topological polar surface area (TPSA) is 38.8 Å². The first-order chi connectivity index (χ1) is 18.7. The van der Waals surface area contributed by atoms with Gasteiger partial charge in [-0.05, 0) is 85.5 Å². The fourth-order valence-corrected chi connectivity index (χ4v) is 6.46. The van der Waals surface area contributed by atoms with Crippen molar-refractivity contribution < 1.29 is 40.6 Å². The number of fused-ring (bicyclic) bond motifs is 1. The summed E-state index contributed by atoms with van der Waals surface area (Å²) in [4.78, 5) is 14.0. The minimum atomic E-state index is -4.75. The highest BCUT2D eigenvalue weighted by molar-refractivity contribution is 5.73. The molecule has 1 aliphatic heterocycles. The molecular weight excluding hydrogens is 536 g/mol. The number of methoxy groups -OCH3 is 1. The average molecular weight is 570 g/mol. The summed E-state index contributed by atoms with van der Waals surface area (Å²) in [5.74, 6) is 0.696. The van der Waals surface area contributed by atoms with Gasteiger partial charge in [0, 0.05) is 25.4 Å². The quantitative estimate of drug-likeness (QED) is 0.258. The van der Waals surface area contributed by atoms with E-state index in [-0.39, 0.29) is 30.4 Å². The summed E-state index contributed by atoms with van der Waals surface area (Å²) in [7, 11) is 3.03. The Morgan fingerprint density at radius 3 is 2.38 bits per heavy atom. The number of esters is 1. The normalized spacial score (nSPS) is 24.2. The fraction of sp³-hybridized carbons (Fsp3) is 0.567. The zero-order valence-corrected chi connectivity index (χ0v) is 22.7. The van der Waals surface area contributed by atoms with Crippen molar-refractivity contribution in [2.45, 2.75) is 81.9 Å². The van der Waals surface area contributed by atoms with E-state index in [1.54, 1.807) is 11.9 Å². The highest BCUT2D eigenvalue weighted by atomic mass is 19.4. The molecule has 0 aromatic heterocycles. The maximum absolute atomic E-state index is 13.6. The number of carbonyl (C=O) groups is 1. The lowest BCUT2D eigenvalue weighted by atomic mass is 9.70. The maximum atomic E-state index is 13.6. The number of nitrogens with zero attached hydrogens (tertiary/aromatic N) is 1. The summed E-state index contributed by atoms with van der Waals surface area (Å²) >= 11 is 0. The molecule has 1 heterocycles. The Morgan fingerprint density at radius 2 is 1.77 bits per heavy atom. The Balaban J connectivity index is 1.29. The number of halogens is 6. The van der Waals surface area contributed by atoms with Crippen LogP contribution in [0.15, 0.2) is 36.4 Å². The highest BCUT2D eigenvalue weighted by Crippen LogP contribution is 2.51. The van der Waals surface area contributed by atoms with Gasteiger partial charge in [0.1, 0.15) is 11.4 Å². The van der Waals surface area contributed by atoms with Crippen LogP contribution in [0.4, 0.5) is 26.3 Å². The van der Waals surface area contributed by atoms with E-state index in [0.717, 1.165) is 42.6 Å². The first-order valence-electron chi connectivity index (χ1n) is 13.6. The molecule has 2 atom stereocenters. The van der Waals surface area contributed by atoms with Crippen molar-refractivity contribution in [2.24, 2.45) is 11.8 Å². The number of ether oxygens (including phenoxy) is 2. The third-order valence-corrected chi connectivity index (χ3v) is 8.89. The van der Waals surface area contributed by atoms with Crippen molar-refractivity contribution in [3.05, 3.63) is 64.2 Å². The van der Waals surface area contributed by atoms with Crippen LogP contribution in [0.1, 0.15) is 72.8 Å². The van der Waals surface area contributed by atoms with Crippen LogP contribution in [-0.4, -0.2) is 36.7 Å². The second kappa shape index (κ2) is 10.3. The molecule has 2 aromatic rings. The van der Waals surface area contributed by atoms with Gasteiger partial charge >= 0.3 is 18.3 Å². The summed E-state index contributed by atoms with van der Waals surface area (Å²) in [6.45, 7) is 1.63. The van der Waals surface area contributed by atoms with Crippen LogP contribution < -0.4 is 4.74 Å². The van der Waals surface area contributed by atoms with Crippen molar-refractivity contribution >= 4 is 5.97 Å². The van der Waals surface area contributed by atoms with Crippen LogP contribution in [0, 0.1) is 11.8 Å². The van der Waals surface area contributed by atoms with Crippen molar-refractivity contribution in [2.75, 3.05) is 14.2 Å². The molecule has 0 radical (unpaired) electrons. The number of alkyl halides is 6. The van der Waals surface area contributed by atoms with E-state index in [1.165, 1.54) is 7.11 Å². The first-order valence-corrected chi connectivity index (χ1v) is 13.6. The minimum absolute atomic E-state index is 0.0368. The Kier molecular flexibility index (Phi) is 7.38. The first kappa shape index (κ1) is 28.8. The average Bonchev–Trinajstić information content (AvgIpc) is 3.70. The molecule has 10 heteroatoms. The van der Waals surface area contributed by atoms with E-state index in [2.05, 4.69) is 6.07 Å². The molecule has 0 saturated heterocycles. The lowest BCUT2D eigenvalue weighted by Gasteiger charge is -2.52. The molecule has 5 rings (SSSR count). The van der Waals surface area contributed by atoms with Crippen LogP contribution in [-0.2, 0) is 34.8 Å². The third-order valence-electron chi connectivity index (χ3n) is 8.89. The van der Waals surface area contributed by atoms with Crippen LogP contribution in [0.2, 0.25) is 0 Å². The lowest BCUT2D eigenvalue weighted by molar-refractivity contribution is -0.146. The van der Waals surface area contributed by atoms with Gasteiger partial charge in [-0.1, -0.05) is 19.1 Å². The molecule has 0 N–H and O–H groups in total. The molecule has 2 aromatic carbocycles. The second-order valence-corrected chi connectivity index (χ2v) is 11.7. The van der Waals surface area contributed by atoms with Gasteiger partial charge < -0.3 is 9.47 Å². The molecular formula is C30H33F6NO3. The molecule has 2 aliphatic carbocycles. The van der Waals surface area contributed by atoms with E-state index in [4.69, 9.17) is 9.47 Å². The van der Waals surface area contributed by atoms with Gasteiger partial charge in [-0.25, -0.2) is 0 Å². The van der Waals surface area contributed by atoms with Crippen LogP contribution in [0.25, 0.3) is 0 Å². The third kappa shape index (κ3) is 5.69. The SMILES string of the molecule is COC(=O)[C@H](C)[C@H](c1ccc2c(c1)OC1(CC2)CC(N(C)Cc2cc(C(F)(F)F)ccc2C(F)(F)F)C1)C1CC1. The van der Waals surface area contributed by atoms with E-state index >= 15 is 0 Å². The van der Waals surface area contributed by atoms with E-state index in [0.29, 0.717) is 37.0 Å². The zero-order valence-electron chi connectivity index (χ0n) is 22.7. The summed E-state index contributed by atoms with van der Waals surface area (Å²) in [5.41, 5.74) is -0.894. The largest absolute Gasteiger partial charge is 0.487 e. The minimum Gasteiger partial charge on any atom is -0.487 e. The molecule has 3 aliphatic rings. The summed E-state index contributed by atoms with van der Waals surface area (Å²) in [6, 6.07) is 7.61. The Labute approximate surface area is 229 Å². The standard InChI is InChI=1S/C30H33F6NO3/c1-17(27(38)39-3)26(19-5-6-19)20-7-4-18-10-11-28(40-25(18)13-20)14-23(15-28)37(2)16-21-12-22(29(31,32)33)8-9-24(21)30(34,35)36/h4,7-9,12-13,17,19,23,26H,5-6,10-11,14-16H2,1-3H3/t17-,23?,26+,28?/m1/s1. The zero-order chi connectivity index (χ0) is 29.0. The number of hydrogen-bond donors (Lipinski definition) is 0. The van der Waals surface area contributed by atoms with Gasteiger partial charge in [0.05, 0.1) is 24.2 Å². The molecule has 0 amide bonds. The van der Waals surface area contributed by atoms with Crippen molar-refractivity contribution in [1.29, 1.82) is 0 Å². The molecule has 0 unspecified atom stereocenters. The molecule has 2 fully saturated rings. The van der Waals surface area contributed by atoms with Crippen LogP contribution >= 0.6 is 0 Å². The number of carbonyl (C=O) groups excluding carboxylic acids is 1. The van der Waals surface area contributed by atoms with E-state index < -0.39 is 34.6 Å². The van der Waals surface area contributed by atoms with E-state index in [1.807, 2.05) is 19.1 Å². The van der Waals surface area contributed by atoms with Crippen LogP contribution in [0.3, 0.4) is 0 Å². The van der Waals surface area contributed by atoms with Gasteiger partial charge in [0.2, 0.25) is 0 Å². The van der Waals surface area contributed by atoms with Gasteiger partial charge in [0.25, 0.3) is 0 Å². The second-order valence-electron chi connectivity index (χ2n) is 11.7. The van der Waals surface area contributed by atoms with Crippen molar-refractivity contribution in [3.63, 3.8) is 0 Å².